The quantitative estimate of drug-likeness (QED) is 0.569. The summed E-state index contributed by atoms with van der Waals surface area (Å²) in [5.41, 5.74) is 6.33. The third-order valence-electron chi connectivity index (χ3n) is 3.56. The van der Waals surface area contributed by atoms with Crippen molar-refractivity contribution in [3.63, 3.8) is 0 Å². The van der Waals surface area contributed by atoms with E-state index in [4.69, 9.17) is 0 Å². The Bertz CT molecular complexity index is 663. The van der Waals surface area contributed by atoms with Gasteiger partial charge in [0.25, 0.3) is 0 Å². The minimum atomic E-state index is 1.24. The molecule has 0 aliphatic rings. The fraction of sp³-hybridized carbons (Fsp3) is 0.211. The van der Waals surface area contributed by atoms with Crippen molar-refractivity contribution in [1.29, 1.82) is 0 Å². The summed E-state index contributed by atoms with van der Waals surface area (Å²) in [6.07, 6.45) is 8.51. The van der Waals surface area contributed by atoms with Crippen LogP contribution in [0, 0.1) is 6.92 Å². The molecule has 0 radical (unpaired) electrons. The molecule has 2 aromatic rings. The molecule has 0 unspecified atom stereocenters. The second kappa shape index (κ2) is 6.33. The van der Waals surface area contributed by atoms with Crippen LogP contribution in [0.25, 0.3) is 16.8 Å². The number of benzene rings is 1. The van der Waals surface area contributed by atoms with Crippen LogP contribution in [0.5, 0.6) is 0 Å². The molecule has 0 bridgehead atoms. The summed E-state index contributed by atoms with van der Waals surface area (Å²) >= 11 is 0. The highest BCUT2D eigenvalue weighted by Gasteiger charge is 2.13. The van der Waals surface area contributed by atoms with Gasteiger partial charge < -0.3 is 0 Å². The van der Waals surface area contributed by atoms with Gasteiger partial charge in [0.2, 0.25) is 5.69 Å². The molecule has 2 rings (SSSR count). The Morgan fingerprint density at radius 3 is 2.50 bits per heavy atom. The fourth-order valence-corrected chi connectivity index (χ4v) is 2.42. The largest absolute Gasteiger partial charge is 0.213 e. The van der Waals surface area contributed by atoms with E-state index < -0.39 is 0 Å². The fourth-order valence-electron chi connectivity index (χ4n) is 2.42. The minimum Gasteiger partial charge on any atom is -0.201 e. The van der Waals surface area contributed by atoms with Crippen molar-refractivity contribution < 1.29 is 4.57 Å². The van der Waals surface area contributed by atoms with E-state index in [1.54, 1.807) is 0 Å². The van der Waals surface area contributed by atoms with E-state index in [0.29, 0.717) is 0 Å². The summed E-state index contributed by atoms with van der Waals surface area (Å²) < 4.78 is 2.18. The number of aryl methyl sites for hydroxylation is 2. The van der Waals surface area contributed by atoms with Crippen molar-refractivity contribution >= 4 is 5.57 Å². The normalized spacial score (nSPS) is 12.1. The maximum absolute atomic E-state index is 2.26. The Labute approximate surface area is 121 Å². The Kier molecular flexibility index (Phi) is 4.52. The van der Waals surface area contributed by atoms with Gasteiger partial charge in [0.05, 0.1) is 0 Å². The lowest BCUT2D eigenvalue weighted by Crippen LogP contribution is -2.30. The topological polar surface area (TPSA) is 3.88 Å². The molecule has 20 heavy (non-hydrogen) atoms. The van der Waals surface area contributed by atoms with Crippen LogP contribution in [-0.4, -0.2) is 0 Å². The van der Waals surface area contributed by atoms with E-state index >= 15 is 0 Å². The molecule has 1 aromatic heterocycles. The number of hydrogen-bond donors (Lipinski definition) is 0. The third-order valence-corrected chi connectivity index (χ3v) is 3.56. The van der Waals surface area contributed by atoms with Crippen molar-refractivity contribution in [2.24, 2.45) is 7.05 Å². The van der Waals surface area contributed by atoms with Crippen LogP contribution in [-0.2, 0) is 7.05 Å². The van der Waals surface area contributed by atoms with Gasteiger partial charge in [-0.3, -0.25) is 0 Å². The predicted molar refractivity (Wildman–Crippen MR) is 86.3 cm³/mol. The Morgan fingerprint density at radius 1 is 1.10 bits per heavy atom. The molecule has 0 saturated carbocycles. The highest BCUT2D eigenvalue weighted by molar-refractivity contribution is 5.76. The Balaban J connectivity index is 2.58. The second-order valence-electron chi connectivity index (χ2n) is 4.97. The van der Waals surface area contributed by atoms with E-state index in [0.717, 1.165) is 0 Å². The van der Waals surface area contributed by atoms with Gasteiger partial charge in [-0.2, -0.15) is 0 Å². The molecule has 1 aromatic carbocycles. The number of nitrogens with zero attached hydrogens (tertiary/aromatic N) is 1. The van der Waals surface area contributed by atoms with Crippen LogP contribution in [0.15, 0.2) is 60.8 Å². The van der Waals surface area contributed by atoms with Crippen LogP contribution in [0.1, 0.15) is 25.0 Å². The van der Waals surface area contributed by atoms with Gasteiger partial charge in [0, 0.05) is 17.7 Å². The zero-order valence-corrected chi connectivity index (χ0v) is 12.7. The van der Waals surface area contributed by atoms with Gasteiger partial charge in [-0.25, -0.2) is 4.57 Å². The summed E-state index contributed by atoms with van der Waals surface area (Å²) in [6.45, 7) is 6.29. The molecule has 1 heterocycles. The molecule has 0 aliphatic carbocycles. The zero-order valence-electron chi connectivity index (χ0n) is 12.7. The molecular formula is C19H22N+. The van der Waals surface area contributed by atoms with Gasteiger partial charge in [-0.1, -0.05) is 36.4 Å². The highest BCUT2D eigenvalue weighted by Crippen LogP contribution is 2.23. The summed E-state index contributed by atoms with van der Waals surface area (Å²) in [6, 6.07) is 12.9. The number of pyridine rings is 1. The van der Waals surface area contributed by atoms with Crippen molar-refractivity contribution in [3.8, 4) is 11.3 Å². The summed E-state index contributed by atoms with van der Waals surface area (Å²) in [5, 5.41) is 0. The lowest BCUT2D eigenvalue weighted by Gasteiger charge is -2.07. The average Bonchev–Trinajstić information content (AvgIpc) is 2.46. The van der Waals surface area contributed by atoms with E-state index in [1.165, 1.54) is 28.0 Å². The van der Waals surface area contributed by atoms with Crippen LogP contribution in [0.3, 0.4) is 0 Å². The minimum absolute atomic E-state index is 1.24. The van der Waals surface area contributed by atoms with Gasteiger partial charge in [0.1, 0.15) is 7.05 Å². The van der Waals surface area contributed by atoms with E-state index in [9.17, 15) is 0 Å². The Hall–Kier alpha value is -2.15. The maximum Gasteiger partial charge on any atom is 0.213 e. The molecule has 0 N–H and O–H groups in total. The molecule has 0 atom stereocenters. The maximum atomic E-state index is 2.26. The Morgan fingerprint density at radius 2 is 1.85 bits per heavy atom. The molecule has 102 valence electrons. The average molecular weight is 264 g/mol. The lowest BCUT2D eigenvalue weighted by atomic mass is 10.00. The van der Waals surface area contributed by atoms with E-state index in [1.807, 2.05) is 0 Å². The molecule has 0 amide bonds. The van der Waals surface area contributed by atoms with Crippen molar-refractivity contribution in [1.82, 2.24) is 0 Å². The lowest BCUT2D eigenvalue weighted by molar-refractivity contribution is -0.660. The summed E-state index contributed by atoms with van der Waals surface area (Å²) in [7, 11) is 2.09. The SMILES string of the molecule is C/C=C\C(=C/C)c1cc[n+](C)c(-c2ccccc2C)c1. The number of hydrogen-bond acceptors (Lipinski definition) is 0. The van der Waals surface area contributed by atoms with Crippen LogP contribution in [0.2, 0.25) is 0 Å². The van der Waals surface area contributed by atoms with Crippen molar-refractivity contribution in [2.45, 2.75) is 20.8 Å². The number of aromatic nitrogens is 1. The molecular weight excluding hydrogens is 242 g/mol. The molecule has 0 fully saturated rings. The monoisotopic (exact) mass is 264 g/mol. The first-order valence-electron chi connectivity index (χ1n) is 7.02. The smallest absolute Gasteiger partial charge is 0.201 e. The van der Waals surface area contributed by atoms with Gasteiger partial charge >= 0.3 is 0 Å². The third kappa shape index (κ3) is 2.88. The first kappa shape index (κ1) is 14.3. The van der Waals surface area contributed by atoms with Crippen molar-refractivity contribution in [2.75, 3.05) is 0 Å². The second-order valence-corrected chi connectivity index (χ2v) is 4.97. The molecule has 0 saturated heterocycles. The van der Waals surface area contributed by atoms with Crippen molar-refractivity contribution in [3.05, 3.63) is 72.0 Å². The zero-order chi connectivity index (χ0) is 14.5. The van der Waals surface area contributed by atoms with Crippen LogP contribution in [0.4, 0.5) is 0 Å². The van der Waals surface area contributed by atoms with Gasteiger partial charge in [0.15, 0.2) is 6.20 Å². The first-order chi connectivity index (χ1) is 9.67. The first-order valence-corrected chi connectivity index (χ1v) is 7.02. The van der Waals surface area contributed by atoms with E-state index in [2.05, 4.69) is 93.2 Å². The molecule has 0 aliphatic heterocycles. The van der Waals surface area contributed by atoms with E-state index in [-0.39, 0.29) is 0 Å². The van der Waals surface area contributed by atoms with Crippen LogP contribution >= 0.6 is 0 Å². The highest BCUT2D eigenvalue weighted by atomic mass is 14.9. The standard InChI is InChI=1S/C19H22N/c1-5-9-16(6-2)17-12-13-20(4)19(14-17)18-11-8-7-10-15(18)3/h5-14H,1-4H3/q+1/b9-5-,16-6+. The molecule has 1 heteroatoms. The molecule has 1 nitrogen and oxygen atoms in total. The predicted octanol–water partition coefficient (Wildman–Crippen LogP) is 4.47. The van der Waals surface area contributed by atoms with Crippen LogP contribution < -0.4 is 4.57 Å². The van der Waals surface area contributed by atoms with Gasteiger partial charge in [-0.15, -0.1) is 0 Å². The summed E-state index contributed by atoms with van der Waals surface area (Å²) in [4.78, 5) is 0. The molecule has 0 spiro atoms. The summed E-state index contributed by atoms with van der Waals surface area (Å²) in [5.74, 6) is 0. The number of rotatable bonds is 3. The van der Waals surface area contributed by atoms with Gasteiger partial charge in [-0.05, 0) is 43.5 Å². The number of allylic oxidation sites excluding steroid dienone is 4.